The van der Waals surface area contributed by atoms with Gasteiger partial charge in [-0.3, -0.25) is 0 Å². The van der Waals surface area contributed by atoms with Gasteiger partial charge in [0, 0.05) is 5.54 Å². The van der Waals surface area contributed by atoms with Crippen molar-refractivity contribution >= 4 is 12.4 Å². The van der Waals surface area contributed by atoms with Gasteiger partial charge >= 0.3 is 0 Å². The van der Waals surface area contributed by atoms with Crippen LogP contribution in [0.4, 0.5) is 0 Å². The molecule has 0 heterocycles. The first-order valence-corrected chi connectivity index (χ1v) is 5.18. The van der Waals surface area contributed by atoms with Crippen molar-refractivity contribution in [3.63, 3.8) is 0 Å². The van der Waals surface area contributed by atoms with E-state index in [9.17, 15) is 0 Å². The molecule has 0 aliphatic heterocycles. The summed E-state index contributed by atoms with van der Waals surface area (Å²) in [5.41, 5.74) is 1.11. The summed E-state index contributed by atoms with van der Waals surface area (Å²) < 4.78 is 0. The predicted octanol–water partition coefficient (Wildman–Crippen LogP) is 2.94. The van der Waals surface area contributed by atoms with E-state index < -0.39 is 0 Å². The van der Waals surface area contributed by atoms with Crippen molar-refractivity contribution in [1.82, 2.24) is 4.90 Å². The maximum atomic E-state index is 2.49. The third-order valence-electron chi connectivity index (χ3n) is 4.89. The summed E-state index contributed by atoms with van der Waals surface area (Å²) in [7, 11) is 4.52. The van der Waals surface area contributed by atoms with Crippen LogP contribution in [-0.2, 0) is 0 Å². The molecule has 2 aliphatic carbocycles. The van der Waals surface area contributed by atoms with Gasteiger partial charge in [-0.25, -0.2) is 0 Å². The number of hydrogen-bond donors (Lipinski definition) is 0. The first kappa shape index (κ1) is 11.3. The average molecular weight is 204 g/mol. The summed E-state index contributed by atoms with van der Waals surface area (Å²) in [6.45, 7) is 4.94. The second-order valence-corrected chi connectivity index (χ2v) is 5.42. The third kappa shape index (κ3) is 1.16. The van der Waals surface area contributed by atoms with Crippen molar-refractivity contribution < 1.29 is 0 Å². The molecule has 0 aromatic carbocycles. The van der Waals surface area contributed by atoms with Crippen LogP contribution in [0.1, 0.15) is 39.5 Å². The number of rotatable bonds is 1. The van der Waals surface area contributed by atoms with E-state index >= 15 is 0 Å². The van der Waals surface area contributed by atoms with Crippen LogP contribution >= 0.6 is 12.4 Å². The second kappa shape index (κ2) is 3.13. The van der Waals surface area contributed by atoms with E-state index in [1.54, 1.807) is 0 Å². The molecule has 0 aromatic heterocycles. The van der Waals surface area contributed by atoms with Crippen LogP contribution in [0.2, 0.25) is 0 Å². The lowest BCUT2D eigenvalue weighted by Crippen LogP contribution is -2.49. The molecule has 0 saturated heterocycles. The van der Waals surface area contributed by atoms with Gasteiger partial charge in [-0.15, -0.1) is 12.4 Å². The maximum absolute atomic E-state index is 2.49. The molecule has 0 unspecified atom stereocenters. The summed E-state index contributed by atoms with van der Waals surface area (Å²) in [6, 6.07) is 0. The van der Waals surface area contributed by atoms with Crippen molar-refractivity contribution in [2.24, 2.45) is 11.3 Å². The van der Waals surface area contributed by atoms with Gasteiger partial charge < -0.3 is 4.90 Å². The van der Waals surface area contributed by atoms with Gasteiger partial charge in [0.25, 0.3) is 0 Å². The number of hydrogen-bond acceptors (Lipinski definition) is 1. The SMILES string of the molecule is CN(C)C12CCC(CC1)C2(C)C.Cl. The largest absolute Gasteiger partial charge is 0.303 e. The number of halogens is 1. The Morgan fingerprint density at radius 3 is 1.69 bits per heavy atom. The molecule has 0 radical (unpaired) electrons. The van der Waals surface area contributed by atoms with Crippen LogP contribution in [0.25, 0.3) is 0 Å². The van der Waals surface area contributed by atoms with Crippen molar-refractivity contribution in [1.29, 1.82) is 0 Å². The zero-order chi connectivity index (χ0) is 8.98. The molecule has 1 nitrogen and oxygen atoms in total. The van der Waals surface area contributed by atoms with E-state index in [4.69, 9.17) is 0 Å². The van der Waals surface area contributed by atoms with Crippen LogP contribution < -0.4 is 0 Å². The molecule has 0 atom stereocenters. The quantitative estimate of drug-likeness (QED) is 0.634. The monoisotopic (exact) mass is 203 g/mol. The molecule has 2 saturated carbocycles. The van der Waals surface area contributed by atoms with E-state index in [1.807, 2.05) is 0 Å². The van der Waals surface area contributed by atoms with Gasteiger partial charge in [-0.2, -0.15) is 0 Å². The molecule has 0 amide bonds. The van der Waals surface area contributed by atoms with Gasteiger partial charge in [0.05, 0.1) is 0 Å². The van der Waals surface area contributed by atoms with Crippen LogP contribution in [0.15, 0.2) is 0 Å². The Morgan fingerprint density at radius 2 is 1.54 bits per heavy atom. The van der Waals surface area contributed by atoms with Crippen LogP contribution in [0.3, 0.4) is 0 Å². The van der Waals surface area contributed by atoms with Gasteiger partial charge in [0.1, 0.15) is 0 Å². The first-order chi connectivity index (χ1) is 5.51. The molecule has 2 fully saturated rings. The van der Waals surface area contributed by atoms with Crippen LogP contribution in [-0.4, -0.2) is 24.5 Å². The highest BCUT2D eigenvalue weighted by Gasteiger charge is 2.59. The fourth-order valence-corrected chi connectivity index (χ4v) is 3.86. The first-order valence-electron chi connectivity index (χ1n) is 5.18. The lowest BCUT2D eigenvalue weighted by molar-refractivity contribution is 0.0618. The van der Waals surface area contributed by atoms with E-state index in [-0.39, 0.29) is 12.4 Å². The molecule has 0 N–H and O–H groups in total. The number of nitrogens with zero attached hydrogens (tertiary/aromatic N) is 1. The second-order valence-electron chi connectivity index (χ2n) is 5.42. The fourth-order valence-electron chi connectivity index (χ4n) is 3.86. The highest BCUT2D eigenvalue weighted by molar-refractivity contribution is 5.85. The van der Waals surface area contributed by atoms with E-state index in [0.29, 0.717) is 11.0 Å². The van der Waals surface area contributed by atoms with Crippen molar-refractivity contribution in [3.8, 4) is 0 Å². The summed E-state index contributed by atoms with van der Waals surface area (Å²) >= 11 is 0. The predicted molar refractivity (Wildman–Crippen MR) is 59.4 cm³/mol. The standard InChI is InChI=1S/C11H21N.ClH/c1-10(2)9-5-7-11(10,8-6-9)12(3)4;/h9H,5-8H2,1-4H3;1H. The highest BCUT2D eigenvalue weighted by Crippen LogP contribution is 2.62. The Hall–Kier alpha value is 0.250. The van der Waals surface area contributed by atoms with E-state index in [0.717, 1.165) is 5.92 Å². The molecule has 2 aliphatic rings. The molecule has 2 heteroatoms. The van der Waals surface area contributed by atoms with E-state index in [1.165, 1.54) is 25.7 Å². The Morgan fingerprint density at radius 1 is 1.08 bits per heavy atom. The summed E-state index contributed by atoms with van der Waals surface area (Å²) in [4.78, 5) is 2.49. The van der Waals surface area contributed by atoms with Crippen molar-refractivity contribution in [2.75, 3.05) is 14.1 Å². The van der Waals surface area contributed by atoms with Gasteiger partial charge in [0.15, 0.2) is 0 Å². The van der Waals surface area contributed by atoms with Crippen LogP contribution in [0.5, 0.6) is 0 Å². The molecule has 0 aromatic rings. The van der Waals surface area contributed by atoms with E-state index in [2.05, 4.69) is 32.8 Å². The Balaban J connectivity index is 0.000000845. The topological polar surface area (TPSA) is 3.24 Å². The summed E-state index contributed by atoms with van der Waals surface area (Å²) in [5, 5.41) is 0. The van der Waals surface area contributed by atoms with Gasteiger partial charge in [-0.05, 0) is 51.1 Å². The lowest BCUT2D eigenvalue weighted by Gasteiger charge is -2.44. The van der Waals surface area contributed by atoms with Crippen molar-refractivity contribution in [2.45, 2.75) is 45.1 Å². The lowest BCUT2D eigenvalue weighted by atomic mass is 9.75. The Bertz CT molecular complexity index is 190. The minimum atomic E-state index is 0. The normalized spacial score (nSPS) is 40.8. The fraction of sp³-hybridized carbons (Fsp3) is 1.00. The molecule has 2 rings (SSSR count). The van der Waals surface area contributed by atoms with Gasteiger partial charge in [-0.1, -0.05) is 13.8 Å². The van der Waals surface area contributed by atoms with Crippen molar-refractivity contribution in [3.05, 3.63) is 0 Å². The number of fused-ring (bicyclic) bond motifs is 2. The molecule has 78 valence electrons. The zero-order valence-electron chi connectivity index (χ0n) is 9.26. The molecule has 2 bridgehead atoms. The minimum Gasteiger partial charge on any atom is -0.303 e. The third-order valence-corrected chi connectivity index (χ3v) is 4.89. The minimum absolute atomic E-state index is 0. The zero-order valence-corrected chi connectivity index (χ0v) is 10.1. The molecular weight excluding hydrogens is 182 g/mol. The van der Waals surface area contributed by atoms with Crippen LogP contribution in [0, 0.1) is 11.3 Å². The Kier molecular flexibility index (Phi) is 2.73. The van der Waals surface area contributed by atoms with Gasteiger partial charge in [0.2, 0.25) is 0 Å². The maximum Gasteiger partial charge on any atom is 0.0257 e. The highest BCUT2D eigenvalue weighted by atomic mass is 35.5. The molecule has 13 heavy (non-hydrogen) atoms. The average Bonchev–Trinajstić information content (AvgIpc) is 2.40. The Labute approximate surface area is 88.3 Å². The summed E-state index contributed by atoms with van der Waals surface area (Å²) in [5.74, 6) is 1.000. The molecular formula is C11H22ClN. The molecule has 0 spiro atoms. The smallest absolute Gasteiger partial charge is 0.0257 e. The summed E-state index contributed by atoms with van der Waals surface area (Å²) in [6.07, 6.45) is 5.78.